The summed E-state index contributed by atoms with van der Waals surface area (Å²) < 4.78 is 5.04. The lowest BCUT2D eigenvalue weighted by atomic mass is 10.5. The number of alkyl halides is 2. The van der Waals surface area contributed by atoms with Gasteiger partial charge in [-0.25, -0.2) is 0 Å². The number of halogens is 2. The summed E-state index contributed by atoms with van der Waals surface area (Å²) in [5.41, 5.74) is 0. The minimum absolute atomic E-state index is 0. The Morgan fingerprint density at radius 3 is 2.00 bits per heavy atom. The van der Waals surface area contributed by atoms with E-state index in [1.165, 1.54) is 0 Å². The van der Waals surface area contributed by atoms with Crippen LogP contribution in [0.3, 0.4) is 0 Å². The second kappa shape index (κ2) is 6.62. The Kier molecular flexibility index (Phi) is 8.97. The van der Waals surface area contributed by atoms with Crippen LogP contribution in [0.2, 0.25) is 0 Å². The van der Waals surface area contributed by atoms with E-state index in [0.29, 0.717) is 6.61 Å². The lowest BCUT2D eigenvalue weighted by Crippen LogP contribution is -2.15. The van der Waals surface area contributed by atoms with Crippen LogP contribution in [0.15, 0.2) is 0 Å². The molecule has 9 heavy (non-hydrogen) atoms. The molecule has 0 saturated heterocycles. The van der Waals surface area contributed by atoms with Gasteiger partial charge in [-0.1, -0.05) is 0 Å². The van der Waals surface area contributed by atoms with Crippen LogP contribution in [0.4, 0.5) is 0 Å². The highest BCUT2D eigenvalue weighted by atomic mass is 35.5. The van der Waals surface area contributed by atoms with Crippen LogP contribution in [0.1, 0.15) is 13.8 Å². The molecule has 0 aromatic heterocycles. The molecule has 0 amide bonds. The topological polar surface area (TPSA) is 44.2 Å². The summed E-state index contributed by atoms with van der Waals surface area (Å²) in [7, 11) is 0. The first kappa shape index (κ1) is 12.2. The standard InChI is InChI=1S/C5H10Cl2O.H3N/c1-3-8-4(2)5(6)7;/h4-5H,3H2,1-2H3;1H3. The minimum Gasteiger partial charge on any atom is -0.376 e. The Morgan fingerprint density at radius 2 is 1.89 bits per heavy atom. The second-order valence-corrected chi connectivity index (χ2v) is 2.66. The summed E-state index contributed by atoms with van der Waals surface area (Å²) in [6.07, 6.45) is -0.0525. The zero-order valence-corrected chi connectivity index (χ0v) is 7.24. The average molecular weight is 174 g/mol. The zero-order chi connectivity index (χ0) is 6.57. The molecule has 0 saturated carbocycles. The fourth-order valence-corrected chi connectivity index (χ4v) is 0.481. The Bertz CT molecular complexity index is 60.9. The minimum atomic E-state index is -0.407. The van der Waals surface area contributed by atoms with Crippen molar-refractivity contribution < 1.29 is 4.74 Å². The number of rotatable bonds is 3. The van der Waals surface area contributed by atoms with E-state index in [0.717, 1.165) is 0 Å². The first-order valence-corrected chi connectivity index (χ1v) is 3.45. The molecule has 1 unspecified atom stereocenters. The monoisotopic (exact) mass is 173 g/mol. The van der Waals surface area contributed by atoms with E-state index in [2.05, 4.69) is 0 Å². The van der Waals surface area contributed by atoms with Crippen molar-refractivity contribution in [2.75, 3.05) is 6.61 Å². The van der Waals surface area contributed by atoms with Crippen LogP contribution in [0.25, 0.3) is 0 Å². The van der Waals surface area contributed by atoms with Gasteiger partial charge in [0.15, 0.2) is 0 Å². The van der Waals surface area contributed by atoms with Crippen molar-refractivity contribution in [2.45, 2.75) is 24.8 Å². The van der Waals surface area contributed by atoms with Crippen LogP contribution in [0.5, 0.6) is 0 Å². The maximum absolute atomic E-state index is 5.45. The predicted molar refractivity (Wildman–Crippen MR) is 41.6 cm³/mol. The predicted octanol–water partition coefficient (Wildman–Crippen LogP) is 2.38. The SMILES string of the molecule is CCOC(C)C(Cl)Cl.N. The first-order chi connectivity index (χ1) is 3.68. The van der Waals surface area contributed by atoms with Crippen molar-refractivity contribution in [3.63, 3.8) is 0 Å². The average Bonchev–Trinajstić information content (AvgIpc) is 1.67. The highest BCUT2D eigenvalue weighted by Gasteiger charge is 2.08. The fourth-order valence-electron chi connectivity index (χ4n) is 0.336. The van der Waals surface area contributed by atoms with Crippen molar-refractivity contribution in [3.8, 4) is 0 Å². The summed E-state index contributed by atoms with van der Waals surface area (Å²) in [6.45, 7) is 4.41. The van der Waals surface area contributed by atoms with E-state index in [1.54, 1.807) is 0 Å². The Labute approximate surface area is 66.1 Å². The maximum Gasteiger partial charge on any atom is 0.133 e. The highest BCUT2D eigenvalue weighted by Crippen LogP contribution is 2.09. The largest absolute Gasteiger partial charge is 0.376 e. The molecule has 0 bridgehead atoms. The van der Waals surface area contributed by atoms with Gasteiger partial charge in [0.05, 0.1) is 6.10 Å². The number of ether oxygens (including phenoxy) is 1. The van der Waals surface area contributed by atoms with E-state index >= 15 is 0 Å². The molecule has 1 atom stereocenters. The molecular weight excluding hydrogens is 161 g/mol. The summed E-state index contributed by atoms with van der Waals surface area (Å²) in [5, 5.41) is 0. The maximum atomic E-state index is 5.45. The zero-order valence-electron chi connectivity index (χ0n) is 5.73. The Balaban J connectivity index is 0. The van der Waals surface area contributed by atoms with Gasteiger partial charge in [0.2, 0.25) is 0 Å². The first-order valence-electron chi connectivity index (χ1n) is 2.58. The molecule has 0 aliphatic heterocycles. The molecular formula is C5H13Cl2NO. The number of hydrogen-bond acceptors (Lipinski definition) is 2. The van der Waals surface area contributed by atoms with E-state index in [9.17, 15) is 0 Å². The van der Waals surface area contributed by atoms with E-state index in [-0.39, 0.29) is 12.3 Å². The molecule has 0 fully saturated rings. The molecule has 0 aromatic rings. The molecule has 0 aliphatic rings. The van der Waals surface area contributed by atoms with Crippen LogP contribution < -0.4 is 6.15 Å². The molecule has 0 aliphatic carbocycles. The van der Waals surface area contributed by atoms with Crippen LogP contribution in [-0.4, -0.2) is 17.5 Å². The molecule has 2 nitrogen and oxygen atoms in total. The quantitative estimate of drug-likeness (QED) is 0.667. The lowest BCUT2D eigenvalue weighted by molar-refractivity contribution is 0.0859. The van der Waals surface area contributed by atoms with Gasteiger partial charge in [-0.15, -0.1) is 23.2 Å². The molecule has 3 N–H and O–H groups in total. The third-order valence-electron chi connectivity index (χ3n) is 0.784. The van der Waals surface area contributed by atoms with Gasteiger partial charge < -0.3 is 10.9 Å². The summed E-state index contributed by atoms with van der Waals surface area (Å²) in [6, 6.07) is 0. The van der Waals surface area contributed by atoms with Crippen LogP contribution in [0, 0.1) is 0 Å². The van der Waals surface area contributed by atoms with E-state index < -0.39 is 4.84 Å². The molecule has 4 heteroatoms. The van der Waals surface area contributed by atoms with Gasteiger partial charge in [0, 0.05) is 6.61 Å². The molecule has 0 rings (SSSR count). The van der Waals surface area contributed by atoms with Crippen molar-refractivity contribution in [1.82, 2.24) is 6.15 Å². The van der Waals surface area contributed by atoms with Crippen molar-refractivity contribution in [1.29, 1.82) is 0 Å². The molecule has 0 heterocycles. The normalized spacial score (nSPS) is 13.0. The van der Waals surface area contributed by atoms with Gasteiger partial charge in [0.25, 0.3) is 0 Å². The van der Waals surface area contributed by atoms with Crippen molar-refractivity contribution in [3.05, 3.63) is 0 Å². The van der Waals surface area contributed by atoms with Crippen LogP contribution >= 0.6 is 23.2 Å². The van der Waals surface area contributed by atoms with Crippen molar-refractivity contribution >= 4 is 23.2 Å². The highest BCUT2D eigenvalue weighted by molar-refractivity contribution is 6.44. The van der Waals surface area contributed by atoms with E-state index in [4.69, 9.17) is 27.9 Å². The van der Waals surface area contributed by atoms with Crippen LogP contribution in [-0.2, 0) is 4.74 Å². The molecule has 58 valence electrons. The Morgan fingerprint density at radius 1 is 1.44 bits per heavy atom. The third-order valence-corrected chi connectivity index (χ3v) is 1.49. The molecule has 0 spiro atoms. The van der Waals surface area contributed by atoms with E-state index in [1.807, 2.05) is 13.8 Å². The van der Waals surface area contributed by atoms with Crippen molar-refractivity contribution in [2.24, 2.45) is 0 Å². The lowest BCUT2D eigenvalue weighted by Gasteiger charge is -2.10. The van der Waals surface area contributed by atoms with Gasteiger partial charge >= 0.3 is 0 Å². The third kappa shape index (κ3) is 6.38. The smallest absolute Gasteiger partial charge is 0.133 e. The summed E-state index contributed by atoms with van der Waals surface area (Å²) >= 11 is 10.9. The molecule has 0 radical (unpaired) electrons. The van der Waals surface area contributed by atoms with Gasteiger partial charge in [0.1, 0.15) is 4.84 Å². The second-order valence-electron chi connectivity index (χ2n) is 1.49. The summed E-state index contributed by atoms with van der Waals surface area (Å²) in [5.74, 6) is 0. The van der Waals surface area contributed by atoms with Gasteiger partial charge in [-0.05, 0) is 13.8 Å². The van der Waals surface area contributed by atoms with Gasteiger partial charge in [-0.2, -0.15) is 0 Å². The summed E-state index contributed by atoms with van der Waals surface area (Å²) in [4.78, 5) is -0.407. The number of hydrogen-bond donors (Lipinski definition) is 1. The Hall–Kier alpha value is 0.500. The van der Waals surface area contributed by atoms with Gasteiger partial charge in [-0.3, -0.25) is 0 Å². The fraction of sp³-hybridized carbons (Fsp3) is 1.00. The molecule has 0 aromatic carbocycles.